The van der Waals surface area contributed by atoms with Gasteiger partial charge in [0.05, 0.1) is 25.2 Å². The van der Waals surface area contributed by atoms with Crippen LogP contribution in [0.5, 0.6) is 5.75 Å². The average Bonchev–Trinajstić information content (AvgIpc) is 2.97. The molecule has 12 heteroatoms. The van der Waals surface area contributed by atoms with Crippen LogP contribution in [-0.2, 0) is 19.1 Å². The highest BCUT2D eigenvalue weighted by Gasteiger charge is 2.48. The van der Waals surface area contributed by atoms with Crippen LogP contribution in [0.2, 0.25) is 0 Å². The molecule has 3 aromatic carbocycles. The number of ether oxygens (including phenoxy) is 2. The number of hydrogen-bond donors (Lipinski definition) is 1. The molecule has 5 atom stereocenters. The van der Waals surface area contributed by atoms with Gasteiger partial charge in [0, 0.05) is 19.2 Å². The summed E-state index contributed by atoms with van der Waals surface area (Å²) < 4.78 is 46.2. The van der Waals surface area contributed by atoms with Crippen LogP contribution in [0.3, 0.4) is 0 Å². The van der Waals surface area contributed by atoms with Crippen LogP contribution >= 0.6 is 8.17 Å². The lowest BCUT2D eigenvalue weighted by molar-refractivity contribution is -0.177. The first-order valence-electron chi connectivity index (χ1n) is 13.3. The number of β-lactam (4-membered cyclic amide) rings is 1. The van der Waals surface area contributed by atoms with Crippen LogP contribution in [0.15, 0.2) is 77.5 Å². The number of anilines is 1. The van der Waals surface area contributed by atoms with E-state index in [-0.39, 0.29) is 24.7 Å². The summed E-state index contributed by atoms with van der Waals surface area (Å²) in [6, 6.07) is 17.2. The van der Waals surface area contributed by atoms with Crippen molar-refractivity contribution in [2.24, 2.45) is 10.7 Å². The lowest BCUT2D eigenvalue weighted by Gasteiger charge is -2.48. The van der Waals surface area contributed by atoms with E-state index >= 15 is 0 Å². The van der Waals surface area contributed by atoms with Gasteiger partial charge in [0.25, 0.3) is 5.72 Å². The van der Waals surface area contributed by atoms with E-state index in [0.29, 0.717) is 17.7 Å². The maximum atomic E-state index is 13.6. The van der Waals surface area contributed by atoms with Crippen molar-refractivity contribution in [2.75, 3.05) is 18.6 Å². The number of aliphatic hydroxyl groups is 1. The summed E-state index contributed by atoms with van der Waals surface area (Å²) in [6.45, 7) is 3.10. The van der Waals surface area contributed by atoms with Gasteiger partial charge in [-0.25, -0.2) is 13.6 Å². The van der Waals surface area contributed by atoms with Gasteiger partial charge in [0.2, 0.25) is 5.91 Å². The van der Waals surface area contributed by atoms with Crippen LogP contribution < -0.4 is 14.3 Å². The molecule has 1 amide bonds. The summed E-state index contributed by atoms with van der Waals surface area (Å²) in [5.41, 5.74) is -0.0102. The molecule has 0 saturated carbocycles. The van der Waals surface area contributed by atoms with Gasteiger partial charge in [0.15, 0.2) is 5.75 Å². The van der Waals surface area contributed by atoms with E-state index in [1.54, 1.807) is 36.1 Å². The summed E-state index contributed by atoms with van der Waals surface area (Å²) in [5, 5.41) is 10.6. The minimum absolute atomic E-state index is 0.125. The fourth-order valence-electron chi connectivity index (χ4n) is 4.88. The average molecular weight is 601 g/mol. The maximum Gasteiger partial charge on any atom is 0.398 e. The summed E-state index contributed by atoms with van der Waals surface area (Å²) in [5.74, 6) is -2.13. The Morgan fingerprint density at radius 1 is 1.07 bits per heavy atom. The Labute approximate surface area is 243 Å². The van der Waals surface area contributed by atoms with Gasteiger partial charge in [-0.2, -0.15) is 0 Å². The second kappa shape index (κ2) is 13.5. The molecule has 3 aromatic rings. The molecule has 9 nitrogen and oxygen atoms in total. The molecule has 1 aliphatic heterocycles. The van der Waals surface area contributed by atoms with Crippen LogP contribution in [-0.4, -0.2) is 36.4 Å². The number of halogens is 2. The molecule has 42 heavy (non-hydrogen) atoms. The van der Waals surface area contributed by atoms with E-state index in [9.17, 15) is 28.4 Å². The van der Waals surface area contributed by atoms with Crippen LogP contribution in [0.1, 0.15) is 50.0 Å². The van der Waals surface area contributed by atoms with Crippen LogP contribution in [0.4, 0.5) is 14.5 Å². The normalized spacial score (nSPS) is 19.1. The summed E-state index contributed by atoms with van der Waals surface area (Å²) in [7, 11) is -1.55. The zero-order chi connectivity index (χ0) is 30.4. The number of carbonyl (C=O) groups excluding carboxylic acids is 2. The second-order valence-corrected chi connectivity index (χ2v) is 10.6. The highest BCUT2D eigenvalue weighted by atomic mass is 31.1. The van der Waals surface area contributed by atoms with E-state index in [1.165, 1.54) is 62.6 Å². The first kappa shape index (κ1) is 31.2. The minimum Gasteiger partial charge on any atom is -0.575 e. The van der Waals surface area contributed by atoms with Gasteiger partial charge in [0.1, 0.15) is 11.6 Å². The Morgan fingerprint density at radius 2 is 1.67 bits per heavy atom. The number of amides is 1. The quantitative estimate of drug-likeness (QED) is 0.169. The maximum absolute atomic E-state index is 13.6. The van der Waals surface area contributed by atoms with E-state index in [4.69, 9.17) is 14.0 Å². The molecular weight excluding hydrogens is 569 g/mol. The molecule has 0 bridgehead atoms. The third-order valence-electron chi connectivity index (χ3n) is 6.99. The SMILES string of the molecule is CCO[C@@](C)(N=[P+]([O-])Oc1ccc([C@H]2[C@H](CC[C@@H](O)c3ccc(F)cc3)C(=O)N2c2ccc(F)cc2)cc1)C(=O)OC. The van der Waals surface area contributed by atoms with Crippen molar-refractivity contribution in [3.63, 3.8) is 0 Å². The van der Waals surface area contributed by atoms with E-state index in [0.717, 1.165) is 5.56 Å². The van der Waals surface area contributed by atoms with Gasteiger partial charge in [-0.1, -0.05) is 24.3 Å². The van der Waals surface area contributed by atoms with Crippen LogP contribution in [0, 0.1) is 17.6 Å². The van der Waals surface area contributed by atoms with Gasteiger partial charge in [-0.3, -0.25) is 9.32 Å². The molecule has 1 unspecified atom stereocenters. The molecule has 1 heterocycles. The Hall–Kier alpha value is -3.76. The largest absolute Gasteiger partial charge is 0.575 e. The molecule has 1 saturated heterocycles. The van der Waals surface area contributed by atoms with Crippen molar-refractivity contribution in [2.45, 2.75) is 44.6 Å². The summed E-state index contributed by atoms with van der Waals surface area (Å²) >= 11 is 0. The van der Waals surface area contributed by atoms with Crippen molar-refractivity contribution < 1.29 is 42.4 Å². The molecule has 222 valence electrons. The van der Waals surface area contributed by atoms with Crippen LogP contribution in [0.25, 0.3) is 0 Å². The molecule has 0 spiro atoms. The second-order valence-electron chi connectivity index (χ2n) is 9.79. The molecular formula is C30H31F2N2O7P. The number of esters is 1. The zero-order valence-corrected chi connectivity index (χ0v) is 24.2. The Morgan fingerprint density at radius 3 is 2.24 bits per heavy atom. The highest BCUT2D eigenvalue weighted by molar-refractivity contribution is 7.34. The van der Waals surface area contributed by atoms with Gasteiger partial charge >= 0.3 is 14.1 Å². The predicted octanol–water partition coefficient (Wildman–Crippen LogP) is 5.34. The van der Waals surface area contributed by atoms with E-state index in [2.05, 4.69) is 4.74 Å². The van der Waals surface area contributed by atoms with Crippen molar-refractivity contribution in [3.05, 3.63) is 95.6 Å². The number of carbonyl (C=O) groups is 2. The number of rotatable bonds is 12. The fourth-order valence-corrected chi connectivity index (χ4v) is 5.68. The lowest BCUT2D eigenvalue weighted by atomic mass is 9.78. The molecule has 1 N–H and O–H groups in total. The zero-order valence-electron chi connectivity index (χ0n) is 23.3. The number of benzene rings is 3. The fraction of sp³-hybridized carbons (Fsp3) is 0.333. The first-order valence-corrected chi connectivity index (χ1v) is 14.4. The van der Waals surface area contributed by atoms with Gasteiger partial charge in [-0.05, 0) is 84.2 Å². The molecule has 0 radical (unpaired) electrons. The smallest absolute Gasteiger partial charge is 0.398 e. The minimum atomic E-state index is -2.71. The molecule has 0 aliphatic carbocycles. The Kier molecular flexibility index (Phi) is 10.0. The van der Waals surface area contributed by atoms with Crippen molar-refractivity contribution >= 4 is 25.7 Å². The van der Waals surface area contributed by atoms with Crippen molar-refractivity contribution in [1.82, 2.24) is 0 Å². The molecule has 0 aromatic heterocycles. The first-order chi connectivity index (χ1) is 20.1. The van der Waals surface area contributed by atoms with Gasteiger partial charge < -0.3 is 24.4 Å². The third-order valence-corrected chi connectivity index (χ3v) is 7.90. The molecule has 1 aliphatic rings. The molecule has 1 fully saturated rings. The predicted molar refractivity (Wildman–Crippen MR) is 149 cm³/mol. The number of hydrogen-bond acceptors (Lipinski definition) is 8. The van der Waals surface area contributed by atoms with Gasteiger partial charge in [-0.15, -0.1) is 0 Å². The van der Waals surface area contributed by atoms with E-state index in [1.807, 2.05) is 0 Å². The Balaban J connectivity index is 1.53. The number of aliphatic hydroxyl groups excluding tert-OH is 1. The standard InChI is InChI=1S/C30H31F2N2O7P/c1-4-40-30(2,29(37)39-3)33-42(38)41-24-15-7-20(8-16-24)27-25(17-18-26(35)19-5-9-21(31)10-6-19)28(36)34(27)23-13-11-22(32)12-14-23/h5-16,25-27,35H,4,17-18H2,1-3H3/t25-,26+,27-,30+/m0/s1. The molecule has 4 rings (SSSR count). The summed E-state index contributed by atoms with van der Waals surface area (Å²) in [4.78, 5) is 39.5. The monoisotopic (exact) mass is 600 g/mol. The van der Waals surface area contributed by atoms with Crippen molar-refractivity contribution in [1.29, 1.82) is 0 Å². The topological polar surface area (TPSA) is 121 Å². The third kappa shape index (κ3) is 6.99. The van der Waals surface area contributed by atoms with Crippen molar-refractivity contribution in [3.8, 4) is 5.75 Å². The summed E-state index contributed by atoms with van der Waals surface area (Å²) in [6.07, 6.45) is -0.286. The number of methoxy groups -OCH3 is 1. The highest BCUT2D eigenvalue weighted by Crippen LogP contribution is 2.46. The Bertz CT molecular complexity index is 1420. The lowest BCUT2D eigenvalue weighted by Crippen LogP contribution is -2.55. The number of nitrogens with zero attached hydrogens (tertiary/aromatic N) is 2. The van der Waals surface area contributed by atoms with E-state index < -0.39 is 49.6 Å².